The van der Waals surface area contributed by atoms with E-state index in [2.05, 4.69) is 0 Å². The van der Waals surface area contributed by atoms with E-state index >= 15 is 0 Å². The van der Waals surface area contributed by atoms with E-state index in [1.54, 1.807) is 14.0 Å². The lowest BCUT2D eigenvalue weighted by molar-refractivity contribution is -0.120. The maximum absolute atomic E-state index is 11.1. The molecule has 0 amide bonds. The SMILES string of the molecule is COc1cc(C)ccc1OC(C)(C)CC(C)=O. The van der Waals surface area contributed by atoms with E-state index in [9.17, 15) is 4.79 Å². The Morgan fingerprint density at radius 2 is 1.94 bits per heavy atom. The summed E-state index contributed by atoms with van der Waals surface area (Å²) in [6, 6.07) is 5.75. The largest absolute Gasteiger partial charge is 0.493 e. The molecule has 3 heteroatoms. The predicted molar refractivity (Wildman–Crippen MR) is 67.7 cm³/mol. The second-order valence-corrected chi connectivity index (χ2v) is 4.89. The van der Waals surface area contributed by atoms with Crippen molar-refractivity contribution in [3.05, 3.63) is 23.8 Å². The molecule has 0 unspecified atom stereocenters. The lowest BCUT2D eigenvalue weighted by Crippen LogP contribution is -2.30. The molecule has 17 heavy (non-hydrogen) atoms. The zero-order valence-electron chi connectivity index (χ0n) is 11.2. The highest BCUT2D eigenvalue weighted by Gasteiger charge is 2.23. The van der Waals surface area contributed by atoms with E-state index in [1.807, 2.05) is 39.0 Å². The van der Waals surface area contributed by atoms with Gasteiger partial charge in [-0.25, -0.2) is 0 Å². The maximum Gasteiger partial charge on any atom is 0.162 e. The van der Waals surface area contributed by atoms with Crippen LogP contribution in [0.1, 0.15) is 32.8 Å². The van der Waals surface area contributed by atoms with E-state index < -0.39 is 5.60 Å². The number of ether oxygens (including phenoxy) is 2. The van der Waals surface area contributed by atoms with Crippen LogP contribution >= 0.6 is 0 Å². The molecule has 1 aromatic carbocycles. The zero-order valence-corrected chi connectivity index (χ0v) is 11.2. The Kier molecular flexibility index (Phi) is 4.16. The second kappa shape index (κ2) is 5.21. The molecule has 0 aliphatic heterocycles. The topological polar surface area (TPSA) is 35.5 Å². The minimum Gasteiger partial charge on any atom is -0.493 e. The number of carbonyl (C=O) groups excluding carboxylic acids is 1. The molecule has 0 fully saturated rings. The second-order valence-electron chi connectivity index (χ2n) is 4.89. The summed E-state index contributed by atoms with van der Waals surface area (Å²) in [5.74, 6) is 1.48. The molecule has 1 rings (SSSR count). The highest BCUT2D eigenvalue weighted by Crippen LogP contribution is 2.31. The van der Waals surface area contributed by atoms with Gasteiger partial charge in [0.05, 0.1) is 7.11 Å². The molecule has 0 N–H and O–H groups in total. The summed E-state index contributed by atoms with van der Waals surface area (Å²) in [5.41, 5.74) is 0.590. The zero-order chi connectivity index (χ0) is 13.1. The smallest absolute Gasteiger partial charge is 0.162 e. The van der Waals surface area contributed by atoms with Crippen LogP contribution in [0.2, 0.25) is 0 Å². The van der Waals surface area contributed by atoms with Gasteiger partial charge in [0.15, 0.2) is 11.5 Å². The fraction of sp³-hybridized carbons (Fsp3) is 0.500. The van der Waals surface area contributed by atoms with E-state index in [0.717, 1.165) is 5.56 Å². The van der Waals surface area contributed by atoms with Crippen molar-refractivity contribution >= 4 is 5.78 Å². The highest BCUT2D eigenvalue weighted by atomic mass is 16.5. The van der Waals surface area contributed by atoms with Gasteiger partial charge in [-0.2, -0.15) is 0 Å². The van der Waals surface area contributed by atoms with Crippen LogP contribution < -0.4 is 9.47 Å². The standard InChI is InChI=1S/C14H20O3/c1-10-6-7-12(13(8-10)16-5)17-14(3,4)9-11(2)15/h6-8H,9H2,1-5H3. The van der Waals surface area contributed by atoms with E-state index in [-0.39, 0.29) is 5.78 Å². The highest BCUT2D eigenvalue weighted by molar-refractivity contribution is 5.76. The third kappa shape index (κ3) is 4.10. The molecular weight excluding hydrogens is 216 g/mol. The summed E-state index contributed by atoms with van der Waals surface area (Å²) in [4.78, 5) is 11.1. The Balaban J connectivity index is 2.90. The van der Waals surface area contributed by atoms with Crippen molar-refractivity contribution in [3.63, 3.8) is 0 Å². The molecule has 0 saturated carbocycles. The van der Waals surface area contributed by atoms with Crippen molar-refractivity contribution in [2.24, 2.45) is 0 Å². The van der Waals surface area contributed by atoms with E-state index in [4.69, 9.17) is 9.47 Å². The van der Waals surface area contributed by atoms with Crippen LogP contribution in [0, 0.1) is 6.92 Å². The Morgan fingerprint density at radius 1 is 1.29 bits per heavy atom. The van der Waals surface area contributed by atoms with Gasteiger partial charge in [-0.3, -0.25) is 4.79 Å². The summed E-state index contributed by atoms with van der Waals surface area (Å²) < 4.78 is 11.1. The van der Waals surface area contributed by atoms with Crippen LogP contribution in [0.25, 0.3) is 0 Å². The molecule has 0 aliphatic carbocycles. The lowest BCUT2D eigenvalue weighted by Gasteiger charge is -2.26. The normalized spacial score (nSPS) is 11.1. The van der Waals surface area contributed by atoms with Gasteiger partial charge >= 0.3 is 0 Å². The third-order valence-electron chi connectivity index (χ3n) is 2.38. The van der Waals surface area contributed by atoms with Crippen molar-refractivity contribution in [1.82, 2.24) is 0 Å². The molecule has 0 heterocycles. The molecule has 0 saturated heterocycles. The van der Waals surface area contributed by atoms with Crippen molar-refractivity contribution in [3.8, 4) is 11.5 Å². The Labute approximate surface area is 103 Å². The number of ketones is 1. The van der Waals surface area contributed by atoms with Gasteiger partial charge in [0.25, 0.3) is 0 Å². The Hall–Kier alpha value is -1.51. The van der Waals surface area contributed by atoms with Crippen molar-refractivity contribution in [1.29, 1.82) is 0 Å². The van der Waals surface area contributed by atoms with E-state index in [0.29, 0.717) is 17.9 Å². The Bertz CT molecular complexity index is 408. The average molecular weight is 236 g/mol. The molecule has 0 radical (unpaired) electrons. The number of hydrogen-bond donors (Lipinski definition) is 0. The summed E-state index contributed by atoms with van der Waals surface area (Å²) in [6.07, 6.45) is 0.379. The molecular formula is C14H20O3. The molecule has 0 spiro atoms. The number of hydrogen-bond acceptors (Lipinski definition) is 3. The number of rotatable bonds is 5. The minimum atomic E-state index is -0.519. The van der Waals surface area contributed by atoms with Gasteiger partial charge in [-0.05, 0) is 45.4 Å². The predicted octanol–water partition coefficient (Wildman–Crippen LogP) is 3.14. The van der Waals surface area contributed by atoms with E-state index in [1.165, 1.54) is 0 Å². The fourth-order valence-electron chi connectivity index (χ4n) is 1.79. The van der Waals surface area contributed by atoms with Crippen LogP contribution in [0.5, 0.6) is 11.5 Å². The summed E-state index contributed by atoms with van der Waals surface area (Å²) >= 11 is 0. The molecule has 0 atom stereocenters. The molecule has 0 bridgehead atoms. The fourth-order valence-corrected chi connectivity index (χ4v) is 1.79. The minimum absolute atomic E-state index is 0.112. The van der Waals surface area contributed by atoms with Crippen LogP contribution in [0.3, 0.4) is 0 Å². The summed E-state index contributed by atoms with van der Waals surface area (Å²) in [5, 5.41) is 0. The first-order valence-electron chi connectivity index (χ1n) is 5.67. The van der Waals surface area contributed by atoms with Crippen LogP contribution in [0.4, 0.5) is 0 Å². The van der Waals surface area contributed by atoms with Crippen LogP contribution in [-0.4, -0.2) is 18.5 Å². The average Bonchev–Trinajstić information content (AvgIpc) is 2.18. The number of aryl methyl sites for hydroxylation is 1. The third-order valence-corrected chi connectivity index (χ3v) is 2.38. The molecule has 94 valence electrons. The number of carbonyl (C=O) groups is 1. The summed E-state index contributed by atoms with van der Waals surface area (Å²) in [6.45, 7) is 7.35. The van der Waals surface area contributed by atoms with Crippen molar-refractivity contribution < 1.29 is 14.3 Å². The monoisotopic (exact) mass is 236 g/mol. The first kappa shape index (κ1) is 13.6. The number of methoxy groups -OCH3 is 1. The lowest BCUT2D eigenvalue weighted by atomic mass is 10.0. The van der Waals surface area contributed by atoms with Crippen LogP contribution in [-0.2, 0) is 4.79 Å². The molecule has 3 nitrogen and oxygen atoms in total. The van der Waals surface area contributed by atoms with Crippen molar-refractivity contribution in [2.45, 2.75) is 39.7 Å². The molecule has 0 aliphatic rings. The van der Waals surface area contributed by atoms with Gasteiger partial charge in [0, 0.05) is 6.42 Å². The quantitative estimate of drug-likeness (QED) is 0.787. The number of benzene rings is 1. The van der Waals surface area contributed by atoms with Gasteiger partial charge in [-0.15, -0.1) is 0 Å². The first-order valence-corrected chi connectivity index (χ1v) is 5.67. The summed E-state index contributed by atoms with van der Waals surface area (Å²) in [7, 11) is 1.61. The van der Waals surface area contributed by atoms with Crippen molar-refractivity contribution in [2.75, 3.05) is 7.11 Å². The maximum atomic E-state index is 11.1. The van der Waals surface area contributed by atoms with Gasteiger partial charge in [-0.1, -0.05) is 6.07 Å². The Morgan fingerprint density at radius 3 is 2.47 bits per heavy atom. The number of Topliss-reactive ketones (excluding diaryl/α,β-unsaturated/α-hetero) is 1. The van der Waals surface area contributed by atoms with Gasteiger partial charge in [0.2, 0.25) is 0 Å². The van der Waals surface area contributed by atoms with Gasteiger partial charge in [0.1, 0.15) is 11.4 Å². The molecule has 1 aromatic rings. The van der Waals surface area contributed by atoms with Gasteiger partial charge < -0.3 is 9.47 Å². The van der Waals surface area contributed by atoms with Crippen LogP contribution in [0.15, 0.2) is 18.2 Å². The first-order chi connectivity index (χ1) is 7.84. The molecule has 0 aromatic heterocycles.